The van der Waals surface area contributed by atoms with Gasteiger partial charge in [-0.2, -0.15) is 0 Å². The summed E-state index contributed by atoms with van der Waals surface area (Å²) in [6, 6.07) is 12.7. The number of benzene rings is 2. The van der Waals surface area contributed by atoms with E-state index in [2.05, 4.69) is 21.2 Å². The summed E-state index contributed by atoms with van der Waals surface area (Å²) in [4.78, 5) is 0. The van der Waals surface area contributed by atoms with Gasteiger partial charge in [0.15, 0.2) is 0 Å². The Balaban J connectivity index is 2.20. The fourth-order valence-electron chi connectivity index (χ4n) is 2.36. The summed E-state index contributed by atoms with van der Waals surface area (Å²) in [5, 5.41) is 23.2. The van der Waals surface area contributed by atoms with Crippen molar-refractivity contribution in [2.75, 3.05) is 0 Å². The van der Waals surface area contributed by atoms with E-state index < -0.39 is 0 Å². The fourth-order valence-corrected chi connectivity index (χ4v) is 2.99. The van der Waals surface area contributed by atoms with Crippen LogP contribution in [0.2, 0.25) is 0 Å². The molecular formula is C16H18BrNO2. The fraction of sp³-hybridized carbons (Fsp3) is 0.250. The Hall–Kier alpha value is -1.52. The Morgan fingerprint density at radius 3 is 2.10 bits per heavy atom. The van der Waals surface area contributed by atoms with Gasteiger partial charge in [-0.05, 0) is 37.6 Å². The first-order valence-electron chi connectivity index (χ1n) is 6.52. The van der Waals surface area contributed by atoms with Crippen LogP contribution in [0.1, 0.15) is 37.1 Å². The van der Waals surface area contributed by atoms with Crippen LogP contribution in [0.3, 0.4) is 0 Å². The van der Waals surface area contributed by atoms with Crippen molar-refractivity contribution >= 4 is 15.9 Å². The lowest BCUT2D eigenvalue weighted by Gasteiger charge is -2.22. The predicted octanol–water partition coefficient (Wildman–Crippen LogP) is 4.27. The van der Waals surface area contributed by atoms with Crippen LogP contribution in [0.5, 0.6) is 11.5 Å². The van der Waals surface area contributed by atoms with Crippen LogP contribution in [-0.4, -0.2) is 10.2 Å². The molecule has 1 unspecified atom stereocenters. The third kappa shape index (κ3) is 3.14. The van der Waals surface area contributed by atoms with Gasteiger partial charge >= 0.3 is 0 Å². The predicted molar refractivity (Wildman–Crippen MR) is 83.9 cm³/mol. The van der Waals surface area contributed by atoms with Crippen molar-refractivity contribution in [3.8, 4) is 11.5 Å². The number of rotatable bonds is 4. The van der Waals surface area contributed by atoms with E-state index >= 15 is 0 Å². The van der Waals surface area contributed by atoms with Gasteiger partial charge in [-0.15, -0.1) is 0 Å². The maximum Gasteiger partial charge on any atom is 0.124 e. The molecule has 2 aromatic carbocycles. The molecule has 106 valence electrons. The first-order valence-corrected chi connectivity index (χ1v) is 7.31. The molecule has 0 spiro atoms. The highest BCUT2D eigenvalue weighted by Gasteiger charge is 2.18. The van der Waals surface area contributed by atoms with Gasteiger partial charge in [0.2, 0.25) is 0 Å². The summed E-state index contributed by atoms with van der Waals surface area (Å²) in [5.41, 5.74) is 1.65. The van der Waals surface area contributed by atoms with Crippen molar-refractivity contribution in [1.29, 1.82) is 0 Å². The van der Waals surface area contributed by atoms with Crippen LogP contribution >= 0.6 is 15.9 Å². The number of halogens is 1. The summed E-state index contributed by atoms with van der Waals surface area (Å²) in [7, 11) is 0. The number of aromatic hydroxyl groups is 2. The smallest absolute Gasteiger partial charge is 0.124 e. The van der Waals surface area contributed by atoms with Crippen LogP contribution in [0.4, 0.5) is 0 Å². The van der Waals surface area contributed by atoms with Crippen LogP contribution in [0, 0.1) is 0 Å². The molecule has 0 amide bonds. The summed E-state index contributed by atoms with van der Waals surface area (Å²) >= 11 is 3.53. The van der Waals surface area contributed by atoms with E-state index in [-0.39, 0.29) is 23.6 Å². The number of nitrogens with one attached hydrogen (secondary N) is 1. The molecule has 0 aliphatic carbocycles. The number of hydrogen-bond acceptors (Lipinski definition) is 3. The molecule has 2 aromatic rings. The molecule has 0 aliphatic heterocycles. The lowest BCUT2D eigenvalue weighted by atomic mass is 10.0. The van der Waals surface area contributed by atoms with Crippen molar-refractivity contribution < 1.29 is 10.2 Å². The molecule has 3 nitrogen and oxygen atoms in total. The van der Waals surface area contributed by atoms with E-state index in [0.717, 1.165) is 10.0 Å². The largest absolute Gasteiger partial charge is 0.507 e. The summed E-state index contributed by atoms with van der Waals surface area (Å²) in [5.74, 6) is 0.202. The molecule has 0 saturated heterocycles. The van der Waals surface area contributed by atoms with E-state index in [1.807, 2.05) is 38.1 Å². The number of phenols is 2. The molecule has 0 aliphatic rings. The SMILES string of the molecule is CC(N[C@@H](C)c1ccccc1Br)c1c(O)cccc1O. The van der Waals surface area contributed by atoms with Crippen molar-refractivity contribution in [3.63, 3.8) is 0 Å². The molecule has 0 saturated carbocycles. The van der Waals surface area contributed by atoms with Gasteiger partial charge in [-0.25, -0.2) is 0 Å². The molecule has 4 heteroatoms. The van der Waals surface area contributed by atoms with Crippen molar-refractivity contribution in [1.82, 2.24) is 5.32 Å². The first-order chi connectivity index (χ1) is 9.50. The average molecular weight is 336 g/mol. The van der Waals surface area contributed by atoms with E-state index in [9.17, 15) is 10.2 Å². The van der Waals surface area contributed by atoms with Gasteiger partial charge in [0, 0.05) is 16.6 Å². The highest BCUT2D eigenvalue weighted by atomic mass is 79.9. The minimum Gasteiger partial charge on any atom is -0.507 e. The molecule has 0 radical (unpaired) electrons. The zero-order chi connectivity index (χ0) is 14.7. The molecule has 2 atom stereocenters. The summed E-state index contributed by atoms with van der Waals surface area (Å²) in [6.07, 6.45) is 0. The summed E-state index contributed by atoms with van der Waals surface area (Å²) < 4.78 is 1.04. The van der Waals surface area contributed by atoms with Gasteiger partial charge in [-0.1, -0.05) is 40.2 Å². The number of hydrogen-bond donors (Lipinski definition) is 3. The van der Waals surface area contributed by atoms with Crippen LogP contribution < -0.4 is 5.32 Å². The van der Waals surface area contributed by atoms with Crippen molar-refractivity contribution in [2.24, 2.45) is 0 Å². The Kier molecular flexibility index (Phi) is 4.68. The molecule has 0 aromatic heterocycles. The van der Waals surface area contributed by atoms with Crippen LogP contribution in [0.25, 0.3) is 0 Å². The normalized spacial score (nSPS) is 13.9. The maximum atomic E-state index is 9.89. The highest BCUT2D eigenvalue weighted by Crippen LogP contribution is 2.34. The van der Waals surface area contributed by atoms with Crippen molar-refractivity contribution in [3.05, 3.63) is 58.1 Å². The minimum atomic E-state index is -0.168. The minimum absolute atomic E-state index is 0.0829. The second-order valence-corrected chi connectivity index (χ2v) is 5.70. The average Bonchev–Trinajstić information content (AvgIpc) is 2.38. The summed E-state index contributed by atoms with van der Waals surface area (Å²) in [6.45, 7) is 3.97. The standard InChI is InChI=1S/C16H18BrNO2/c1-10(12-6-3-4-7-13(12)17)18-11(2)16-14(19)8-5-9-15(16)20/h3-11,18-20H,1-2H3/t10-,11?/m0/s1. The Morgan fingerprint density at radius 1 is 0.900 bits per heavy atom. The van der Waals surface area contributed by atoms with Crippen molar-refractivity contribution in [2.45, 2.75) is 25.9 Å². The zero-order valence-corrected chi connectivity index (χ0v) is 13.1. The molecule has 0 heterocycles. The second kappa shape index (κ2) is 6.29. The first kappa shape index (κ1) is 14.9. The lowest BCUT2D eigenvalue weighted by Crippen LogP contribution is -2.23. The Bertz CT molecular complexity index is 581. The Labute approximate surface area is 127 Å². The molecule has 0 bridgehead atoms. The highest BCUT2D eigenvalue weighted by molar-refractivity contribution is 9.10. The topological polar surface area (TPSA) is 52.5 Å². The third-order valence-corrected chi connectivity index (χ3v) is 4.09. The Morgan fingerprint density at radius 2 is 1.50 bits per heavy atom. The molecule has 3 N–H and O–H groups in total. The number of phenolic OH excluding ortho intramolecular Hbond substituents is 2. The quantitative estimate of drug-likeness (QED) is 0.781. The maximum absolute atomic E-state index is 9.89. The van der Waals surface area contributed by atoms with Gasteiger partial charge < -0.3 is 15.5 Å². The second-order valence-electron chi connectivity index (χ2n) is 4.84. The van der Waals surface area contributed by atoms with E-state index in [1.54, 1.807) is 18.2 Å². The van der Waals surface area contributed by atoms with Crippen LogP contribution in [0.15, 0.2) is 46.9 Å². The lowest BCUT2D eigenvalue weighted by molar-refractivity contribution is 0.407. The van der Waals surface area contributed by atoms with E-state index in [4.69, 9.17) is 0 Å². The van der Waals surface area contributed by atoms with Gasteiger partial charge in [0.05, 0.1) is 5.56 Å². The third-order valence-electron chi connectivity index (χ3n) is 3.36. The van der Waals surface area contributed by atoms with E-state index in [1.165, 1.54) is 0 Å². The van der Waals surface area contributed by atoms with E-state index in [0.29, 0.717) is 5.56 Å². The zero-order valence-electron chi connectivity index (χ0n) is 11.5. The van der Waals surface area contributed by atoms with Crippen LogP contribution in [-0.2, 0) is 0 Å². The van der Waals surface area contributed by atoms with Gasteiger partial charge in [0.1, 0.15) is 11.5 Å². The molecular weight excluding hydrogens is 318 g/mol. The van der Waals surface area contributed by atoms with Gasteiger partial charge in [0.25, 0.3) is 0 Å². The monoisotopic (exact) mass is 335 g/mol. The molecule has 0 fully saturated rings. The molecule has 20 heavy (non-hydrogen) atoms. The molecule has 2 rings (SSSR count). The van der Waals surface area contributed by atoms with Gasteiger partial charge in [-0.3, -0.25) is 0 Å².